The Hall–Kier alpha value is -1.82. The zero-order valence-electron chi connectivity index (χ0n) is 9.80. The molecule has 1 heterocycles. The van der Waals surface area contributed by atoms with Crippen molar-refractivity contribution in [2.24, 2.45) is 0 Å². The van der Waals surface area contributed by atoms with Crippen molar-refractivity contribution in [3.05, 3.63) is 47.3 Å². The van der Waals surface area contributed by atoms with Crippen LogP contribution in [0.5, 0.6) is 0 Å². The molecule has 1 fully saturated rings. The number of rotatable bonds is 2. The first-order chi connectivity index (χ1) is 8.31. The second-order valence-corrected chi connectivity index (χ2v) is 4.38. The van der Waals surface area contributed by atoms with Gasteiger partial charge in [0.05, 0.1) is 0 Å². The lowest BCUT2D eigenvalue weighted by Gasteiger charge is -2.31. The van der Waals surface area contributed by atoms with E-state index in [9.17, 15) is 4.79 Å². The Bertz CT molecular complexity index is 414. The minimum atomic E-state index is -0.0217. The Balaban J connectivity index is 1.91. The summed E-state index contributed by atoms with van der Waals surface area (Å²) in [6.45, 7) is 8.27. The van der Waals surface area contributed by atoms with E-state index in [0.717, 1.165) is 25.9 Å². The molecule has 0 bridgehead atoms. The van der Waals surface area contributed by atoms with Crippen LogP contribution in [0.25, 0.3) is 4.85 Å². The Labute approximate surface area is 102 Å². The number of benzene rings is 1. The fourth-order valence-corrected chi connectivity index (χ4v) is 2.36. The van der Waals surface area contributed by atoms with Crippen molar-refractivity contribution in [3.8, 4) is 0 Å². The molecule has 0 aliphatic carbocycles. The average Bonchev–Trinajstić information content (AvgIpc) is 2.40. The summed E-state index contributed by atoms with van der Waals surface area (Å²) in [5, 5.41) is 0. The lowest BCUT2D eigenvalue weighted by atomic mass is 9.89. The fraction of sp³-hybridized carbons (Fsp3) is 0.429. The Kier molecular flexibility index (Phi) is 3.77. The van der Waals surface area contributed by atoms with Gasteiger partial charge in [0.15, 0.2) is 0 Å². The van der Waals surface area contributed by atoms with Gasteiger partial charge < -0.3 is 9.74 Å². The second-order valence-electron chi connectivity index (χ2n) is 4.38. The largest absolute Gasteiger partial charge is 0.336 e. The first kappa shape index (κ1) is 11.7. The van der Waals surface area contributed by atoms with Gasteiger partial charge >= 0.3 is 5.91 Å². The van der Waals surface area contributed by atoms with Gasteiger partial charge in [-0.1, -0.05) is 30.3 Å². The summed E-state index contributed by atoms with van der Waals surface area (Å²) in [5.74, 6) is 0.541. The van der Waals surface area contributed by atoms with Crippen molar-refractivity contribution < 1.29 is 4.79 Å². The lowest BCUT2D eigenvalue weighted by molar-refractivity contribution is -0.130. The molecule has 17 heavy (non-hydrogen) atoms. The summed E-state index contributed by atoms with van der Waals surface area (Å²) in [4.78, 5) is 16.5. The molecular formula is C14H16N2O. The molecule has 1 aliphatic rings. The highest BCUT2D eigenvalue weighted by atomic mass is 16.2. The zero-order chi connectivity index (χ0) is 12.1. The van der Waals surface area contributed by atoms with E-state index in [-0.39, 0.29) is 12.5 Å². The van der Waals surface area contributed by atoms with E-state index in [1.54, 1.807) is 0 Å². The first-order valence-corrected chi connectivity index (χ1v) is 5.97. The zero-order valence-corrected chi connectivity index (χ0v) is 9.80. The van der Waals surface area contributed by atoms with E-state index < -0.39 is 0 Å². The summed E-state index contributed by atoms with van der Waals surface area (Å²) in [6.07, 6.45) is 2.02. The lowest BCUT2D eigenvalue weighted by Crippen LogP contribution is -2.38. The molecule has 3 nitrogen and oxygen atoms in total. The van der Waals surface area contributed by atoms with Gasteiger partial charge in [0, 0.05) is 13.1 Å². The highest BCUT2D eigenvalue weighted by molar-refractivity contribution is 5.79. The van der Waals surface area contributed by atoms with E-state index >= 15 is 0 Å². The number of carbonyl (C=O) groups is 1. The summed E-state index contributed by atoms with van der Waals surface area (Å²) in [6, 6.07) is 10.5. The van der Waals surface area contributed by atoms with Gasteiger partial charge in [0.2, 0.25) is 0 Å². The predicted octanol–water partition coefficient (Wildman–Crippen LogP) is 2.31. The number of likely N-dealkylation sites (tertiary alicyclic amines) is 1. The van der Waals surface area contributed by atoms with Crippen LogP contribution in [-0.4, -0.2) is 30.4 Å². The van der Waals surface area contributed by atoms with Crippen molar-refractivity contribution in [3.63, 3.8) is 0 Å². The Morgan fingerprint density at radius 1 is 1.29 bits per heavy atom. The molecule has 1 aliphatic heterocycles. The topological polar surface area (TPSA) is 24.7 Å². The van der Waals surface area contributed by atoms with E-state index in [2.05, 4.69) is 29.1 Å². The van der Waals surface area contributed by atoms with Crippen LogP contribution < -0.4 is 0 Å². The van der Waals surface area contributed by atoms with Crippen LogP contribution in [0.4, 0.5) is 0 Å². The molecule has 0 aromatic heterocycles. The van der Waals surface area contributed by atoms with Crippen LogP contribution in [0.2, 0.25) is 0 Å². The van der Waals surface area contributed by atoms with Crippen LogP contribution in [0, 0.1) is 6.57 Å². The minimum absolute atomic E-state index is 0.00396. The predicted molar refractivity (Wildman–Crippen MR) is 66.5 cm³/mol. The maximum Gasteiger partial charge on any atom is 0.302 e. The third-order valence-electron chi connectivity index (χ3n) is 3.33. The van der Waals surface area contributed by atoms with Crippen molar-refractivity contribution in [2.75, 3.05) is 19.6 Å². The van der Waals surface area contributed by atoms with Gasteiger partial charge in [-0.15, -0.1) is 0 Å². The molecule has 0 N–H and O–H groups in total. The summed E-state index contributed by atoms with van der Waals surface area (Å²) < 4.78 is 0. The van der Waals surface area contributed by atoms with Crippen LogP contribution in [0.1, 0.15) is 24.3 Å². The van der Waals surface area contributed by atoms with Gasteiger partial charge in [0.1, 0.15) is 0 Å². The molecule has 1 aromatic rings. The smallest absolute Gasteiger partial charge is 0.302 e. The maximum atomic E-state index is 11.6. The molecule has 0 radical (unpaired) electrons. The number of carbonyl (C=O) groups excluding carboxylic acids is 1. The third kappa shape index (κ3) is 2.85. The first-order valence-electron chi connectivity index (χ1n) is 5.97. The number of hydrogen-bond acceptors (Lipinski definition) is 1. The molecule has 1 amide bonds. The molecular weight excluding hydrogens is 212 g/mol. The van der Waals surface area contributed by atoms with E-state index in [0.29, 0.717) is 5.92 Å². The van der Waals surface area contributed by atoms with Crippen molar-refractivity contribution in [2.45, 2.75) is 18.8 Å². The number of nitrogens with zero attached hydrogens (tertiary/aromatic N) is 2. The van der Waals surface area contributed by atoms with Crippen LogP contribution in [0.3, 0.4) is 0 Å². The standard InChI is InChI=1S/C14H16N2O/c1-15-11-14(17)16-9-7-13(8-10-16)12-5-3-2-4-6-12/h2-6,13H,7-11H2. The van der Waals surface area contributed by atoms with Gasteiger partial charge in [-0.05, 0) is 24.3 Å². The van der Waals surface area contributed by atoms with Crippen molar-refractivity contribution in [1.29, 1.82) is 0 Å². The van der Waals surface area contributed by atoms with Gasteiger partial charge in [-0.25, -0.2) is 6.57 Å². The summed E-state index contributed by atoms with van der Waals surface area (Å²) in [7, 11) is 0. The van der Waals surface area contributed by atoms with E-state index in [1.165, 1.54) is 5.56 Å². The van der Waals surface area contributed by atoms with E-state index in [1.807, 2.05) is 11.0 Å². The molecule has 88 valence electrons. The number of hydrogen-bond donors (Lipinski definition) is 0. The summed E-state index contributed by atoms with van der Waals surface area (Å²) in [5.41, 5.74) is 1.37. The highest BCUT2D eigenvalue weighted by Gasteiger charge is 2.24. The third-order valence-corrected chi connectivity index (χ3v) is 3.33. The molecule has 1 saturated heterocycles. The fourth-order valence-electron chi connectivity index (χ4n) is 2.36. The minimum Gasteiger partial charge on any atom is -0.336 e. The van der Waals surface area contributed by atoms with Crippen molar-refractivity contribution >= 4 is 5.91 Å². The molecule has 0 saturated carbocycles. The molecule has 0 atom stereocenters. The Morgan fingerprint density at radius 3 is 2.53 bits per heavy atom. The van der Waals surface area contributed by atoms with E-state index in [4.69, 9.17) is 6.57 Å². The molecule has 3 heteroatoms. The molecule has 0 unspecified atom stereocenters. The number of piperidine rings is 1. The van der Waals surface area contributed by atoms with Crippen LogP contribution in [-0.2, 0) is 4.79 Å². The monoisotopic (exact) mass is 228 g/mol. The maximum absolute atomic E-state index is 11.6. The second kappa shape index (κ2) is 5.49. The normalized spacial score (nSPS) is 16.5. The Morgan fingerprint density at radius 2 is 1.94 bits per heavy atom. The van der Waals surface area contributed by atoms with Gasteiger partial charge in [-0.3, -0.25) is 4.79 Å². The SMILES string of the molecule is [C-]#[N+]CC(=O)N1CCC(c2ccccc2)CC1. The number of amides is 1. The molecule has 2 rings (SSSR count). The van der Waals surface area contributed by atoms with Crippen molar-refractivity contribution in [1.82, 2.24) is 4.90 Å². The van der Waals surface area contributed by atoms with Gasteiger partial charge in [0.25, 0.3) is 6.54 Å². The quantitative estimate of drug-likeness (QED) is 0.713. The average molecular weight is 228 g/mol. The van der Waals surface area contributed by atoms with Gasteiger partial charge in [-0.2, -0.15) is 0 Å². The van der Waals surface area contributed by atoms with Crippen LogP contribution in [0.15, 0.2) is 30.3 Å². The summed E-state index contributed by atoms with van der Waals surface area (Å²) >= 11 is 0. The molecule has 0 spiro atoms. The van der Waals surface area contributed by atoms with Crippen LogP contribution >= 0.6 is 0 Å². The highest BCUT2D eigenvalue weighted by Crippen LogP contribution is 2.27. The molecule has 1 aromatic carbocycles.